The Morgan fingerprint density at radius 3 is 3.08 bits per heavy atom. The molecular weight excluding hydrogens is 320 g/mol. The smallest absolute Gasteiger partial charge is 0.191 e. The zero-order chi connectivity index (χ0) is 16.6. The fourth-order valence-corrected chi connectivity index (χ4v) is 3.86. The first kappa shape index (κ1) is 17.7. The van der Waals surface area contributed by atoms with Gasteiger partial charge in [-0.05, 0) is 48.6 Å². The maximum atomic E-state index is 5.65. The van der Waals surface area contributed by atoms with Gasteiger partial charge in [-0.15, -0.1) is 11.3 Å². The predicted octanol–water partition coefficient (Wildman–Crippen LogP) is 2.09. The fourth-order valence-electron chi connectivity index (χ4n) is 2.97. The fraction of sp³-hybridized carbons (Fsp3) is 0.722. The largest absolute Gasteiger partial charge is 0.381 e. The first-order valence-corrected chi connectivity index (χ1v) is 10.0. The summed E-state index contributed by atoms with van der Waals surface area (Å²) in [7, 11) is 1.83. The van der Waals surface area contributed by atoms with Gasteiger partial charge in [-0.3, -0.25) is 9.89 Å². The maximum Gasteiger partial charge on any atom is 0.191 e. The summed E-state index contributed by atoms with van der Waals surface area (Å²) in [5.41, 5.74) is 1.51. The lowest BCUT2D eigenvalue weighted by atomic mass is 10.1. The second kappa shape index (κ2) is 9.39. The zero-order valence-electron chi connectivity index (χ0n) is 14.7. The third kappa shape index (κ3) is 5.76. The molecule has 5 nitrogen and oxygen atoms in total. The molecule has 1 aliphatic carbocycles. The molecule has 6 heteroatoms. The van der Waals surface area contributed by atoms with E-state index in [2.05, 4.69) is 32.0 Å². The van der Waals surface area contributed by atoms with Gasteiger partial charge >= 0.3 is 0 Å². The average molecular weight is 351 g/mol. The minimum Gasteiger partial charge on any atom is -0.381 e. The highest BCUT2D eigenvalue weighted by atomic mass is 32.1. The molecule has 3 rings (SSSR count). The number of hydrogen-bond acceptors (Lipinski definition) is 4. The number of aliphatic imine (C=N–C) groups is 1. The van der Waals surface area contributed by atoms with Crippen molar-refractivity contribution in [3.8, 4) is 0 Å². The van der Waals surface area contributed by atoms with Crippen molar-refractivity contribution >= 4 is 17.3 Å². The monoisotopic (exact) mass is 350 g/mol. The average Bonchev–Trinajstić information content (AvgIpc) is 3.31. The van der Waals surface area contributed by atoms with Gasteiger partial charge in [-0.1, -0.05) is 0 Å². The van der Waals surface area contributed by atoms with Crippen LogP contribution in [0.25, 0.3) is 0 Å². The Kier molecular flexibility index (Phi) is 6.93. The van der Waals surface area contributed by atoms with Gasteiger partial charge in [0.05, 0.1) is 0 Å². The highest BCUT2D eigenvalue weighted by Crippen LogP contribution is 2.28. The SMILES string of the molecule is CN=C(NCCCOCC1CC1)NCCN1CCc2sccc2C1. The molecular formula is C18H30N4OS. The van der Waals surface area contributed by atoms with E-state index in [-0.39, 0.29) is 0 Å². The van der Waals surface area contributed by atoms with E-state index in [4.69, 9.17) is 4.74 Å². The summed E-state index contributed by atoms with van der Waals surface area (Å²) in [5.74, 6) is 1.75. The third-order valence-corrected chi connectivity index (χ3v) is 5.66. The van der Waals surface area contributed by atoms with Crippen LogP contribution in [0.5, 0.6) is 0 Å². The molecule has 1 saturated carbocycles. The molecule has 0 spiro atoms. The lowest BCUT2D eigenvalue weighted by Gasteiger charge is -2.27. The Labute approximate surface area is 149 Å². The van der Waals surface area contributed by atoms with Gasteiger partial charge in [0.2, 0.25) is 0 Å². The number of rotatable bonds is 9. The van der Waals surface area contributed by atoms with Gasteiger partial charge < -0.3 is 15.4 Å². The highest BCUT2D eigenvalue weighted by Gasteiger charge is 2.20. The van der Waals surface area contributed by atoms with E-state index in [0.717, 1.165) is 57.7 Å². The van der Waals surface area contributed by atoms with Gasteiger partial charge in [0.15, 0.2) is 5.96 Å². The number of nitrogens with one attached hydrogen (secondary N) is 2. The molecule has 0 radical (unpaired) electrons. The van der Waals surface area contributed by atoms with Crippen molar-refractivity contribution in [1.29, 1.82) is 0 Å². The van der Waals surface area contributed by atoms with E-state index >= 15 is 0 Å². The van der Waals surface area contributed by atoms with E-state index in [0.29, 0.717) is 0 Å². The molecule has 1 fully saturated rings. The summed E-state index contributed by atoms with van der Waals surface area (Å²) in [6.07, 6.45) is 4.94. The van der Waals surface area contributed by atoms with Gasteiger partial charge in [-0.2, -0.15) is 0 Å². The van der Waals surface area contributed by atoms with Crippen LogP contribution in [-0.2, 0) is 17.7 Å². The van der Waals surface area contributed by atoms with Crippen molar-refractivity contribution in [2.45, 2.75) is 32.2 Å². The third-order valence-electron chi connectivity index (χ3n) is 4.64. The first-order valence-electron chi connectivity index (χ1n) is 9.15. The van der Waals surface area contributed by atoms with Crippen molar-refractivity contribution in [3.63, 3.8) is 0 Å². The van der Waals surface area contributed by atoms with Crippen LogP contribution in [0.15, 0.2) is 16.4 Å². The lowest BCUT2D eigenvalue weighted by Crippen LogP contribution is -2.42. The molecule has 0 unspecified atom stereocenters. The molecule has 0 bridgehead atoms. The summed E-state index contributed by atoms with van der Waals surface area (Å²) in [6.45, 7) is 6.94. The van der Waals surface area contributed by atoms with E-state index in [1.165, 1.54) is 31.4 Å². The summed E-state index contributed by atoms with van der Waals surface area (Å²) >= 11 is 1.90. The molecule has 0 saturated heterocycles. The van der Waals surface area contributed by atoms with Crippen molar-refractivity contribution < 1.29 is 4.74 Å². The minimum atomic E-state index is 0.844. The van der Waals surface area contributed by atoms with Crippen molar-refractivity contribution in [1.82, 2.24) is 15.5 Å². The molecule has 134 valence electrons. The molecule has 1 aromatic rings. The predicted molar refractivity (Wildman–Crippen MR) is 101 cm³/mol. The van der Waals surface area contributed by atoms with E-state index < -0.39 is 0 Å². The zero-order valence-corrected chi connectivity index (χ0v) is 15.5. The Morgan fingerprint density at radius 1 is 1.38 bits per heavy atom. The molecule has 0 amide bonds. The van der Waals surface area contributed by atoms with Gasteiger partial charge in [-0.25, -0.2) is 0 Å². The van der Waals surface area contributed by atoms with E-state index in [1.54, 1.807) is 4.88 Å². The van der Waals surface area contributed by atoms with Crippen molar-refractivity contribution in [3.05, 3.63) is 21.9 Å². The van der Waals surface area contributed by atoms with Crippen molar-refractivity contribution in [2.75, 3.05) is 46.4 Å². The number of guanidine groups is 1. The van der Waals surface area contributed by atoms with Crippen LogP contribution in [0.1, 0.15) is 29.7 Å². The molecule has 2 aliphatic rings. The molecule has 24 heavy (non-hydrogen) atoms. The number of fused-ring (bicyclic) bond motifs is 1. The summed E-state index contributed by atoms with van der Waals surface area (Å²) in [4.78, 5) is 8.38. The summed E-state index contributed by atoms with van der Waals surface area (Å²) in [6, 6.07) is 2.27. The van der Waals surface area contributed by atoms with E-state index in [9.17, 15) is 0 Å². The molecule has 1 aromatic heterocycles. The normalized spacial score (nSPS) is 18.5. The highest BCUT2D eigenvalue weighted by molar-refractivity contribution is 7.10. The second-order valence-electron chi connectivity index (χ2n) is 6.69. The Hall–Kier alpha value is -1.11. The number of nitrogens with zero attached hydrogens (tertiary/aromatic N) is 2. The van der Waals surface area contributed by atoms with Gasteiger partial charge in [0, 0.05) is 57.9 Å². The quantitative estimate of drug-likeness (QED) is 0.407. The maximum absolute atomic E-state index is 5.65. The Balaban J connectivity index is 1.23. The molecule has 2 heterocycles. The minimum absolute atomic E-state index is 0.844. The molecule has 1 aliphatic heterocycles. The Bertz CT molecular complexity index is 527. The van der Waals surface area contributed by atoms with Crippen LogP contribution in [0, 0.1) is 5.92 Å². The van der Waals surface area contributed by atoms with Crippen LogP contribution >= 0.6 is 11.3 Å². The molecule has 0 aromatic carbocycles. The van der Waals surface area contributed by atoms with Gasteiger partial charge in [0.25, 0.3) is 0 Å². The van der Waals surface area contributed by atoms with E-state index in [1.807, 2.05) is 18.4 Å². The number of hydrogen-bond donors (Lipinski definition) is 2. The Morgan fingerprint density at radius 2 is 2.25 bits per heavy atom. The number of thiophene rings is 1. The molecule has 2 N–H and O–H groups in total. The van der Waals surface area contributed by atoms with Crippen LogP contribution < -0.4 is 10.6 Å². The molecule has 0 atom stereocenters. The van der Waals surface area contributed by atoms with Crippen LogP contribution in [0.4, 0.5) is 0 Å². The van der Waals surface area contributed by atoms with Crippen LogP contribution in [-0.4, -0.2) is 57.3 Å². The number of ether oxygens (including phenoxy) is 1. The topological polar surface area (TPSA) is 48.9 Å². The summed E-state index contributed by atoms with van der Waals surface area (Å²) in [5, 5.41) is 8.99. The van der Waals surface area contributed by atoms with Crippen molar-refractivity contribution in [2.24, 2.45) is 10.9 Å². The summed E-state index contributed by atoms with van der Waals surface area (Å²) < 4.78 is 5.65. The first-order chi connectivity index (χ1) is 11.8. The second-order valence-corrected chi connectivity index (χ2v) is 7.69. The lowest BCUT2D eigenvalue weighted by molar-refractivity contribution is 0.123. The van der Waals surface area contributed by atoms with Crippen LogP contribution in [0.3, 0.4) is 0 Å². The van der Waals surface area contributed by atoms with Gasteiger partial charge in [0.1, 0.15) is 0 Å². The standard InChI is InChI=1S/C18H30N4OS/c1-19-18(20-7-2-11-23-14-15-3-4-15)21-8-10-22-9-5-17-16(13-22)6-12-24-17/h6,12,15H,2-5,7-11,13-14H2,1H3,(H2,19,20,21). The van der Waals surface area contributed by atoms with Crippen LogP contribution in [0.2, 0.25) is 0 Å².